The van der Waals surface area contributed by atoms with Crippen LogP contribution in [0.2, 0.25) is 0 Å². The lowest BCUT2D eigenvalue weighted by atomic mass is 10.2. The number of hydrogen-bond acceptors (Lipinski definition) is 7. The standard InChI is InChI=1S/C24H37N3O7/c1-22(2,3)32-19(28)26-15-14-25-18(27-20(29)33-23(4,5)6)16-10-12-17(13-11-16)31-21(30)34-24(7,8)9/h10-13H,14-15H2,1-9H3,(H,26,28)(H,25,27,29). The SMILES string of the molecule is CC(C)(C)OC(=O)/N=C(/NCCNC(=O)OC(C)(C)C)c1ccc(OC(=O)OC(C)(C)C)cc1. The molecule has 0 aliphatic carbocycles. The summed E-state index contributed by atoms with van der Waals surface area (Å²) in [5.41, 5.74) is -1.46. The Morgan fingerprint density at radius 1 is 0.735 bits per heavy atom. The van der Waals surface area contributed by atoms with Crippen molar-refractivity contribution in [2.45, 2.75) is 79.1 Å². The van der Waals surface area contributed by atoms with E-state index in [9.17, 15) is 14.4 Å². The molecule has 0 radical (unpaired) electrons. The van der Waals surface area contributed by atoms with Crippen LogP contribution in [0.25, 0.3) is 0 Å². The number of nitrogens with zero attached hydrogens (tertiary/aromatic N) is 1. The van der Waals surface area contributed by atoms with Crippen LogP contribution in [-0.2, 0) is 14.2 Å². The molecular weight excluding hydrogens is 442 g/mol. The molecule has 1 aromatic rings. The second-order valence-electron chi connectivity index (χ2n) is 10.4. The molecule has 0 spiro atoms. The summed E-state index contributed by atoms with van der Waals surface area (Å²) in [7, 11) is 0. The third kappa shape index (κ3) is 13.3. The smallest absolute Gasteiger partial charge is 0.444 e. The van der Waals surface area contributed by atoms with Gasteiger partial charge in [-0.3, -0.25) is 0 Å². The van der Waals surface area contributed by atoms with Gasteiger partial charge < -0.3 is 29.6 Å². The number of aliphatic imine (C=N–C) groups is 1. The zero-order valence-electron chi connectivity index (χ0n) is 21.5. The predicted molar refractivity (Wildman–Crippen MR) is 128 cm³/mol. The first-order valence-electron chi connectivity index (χ1n) is 11.0. The molecule has 34 heavy (non-hydrogen) atoms. The van der Waals surface area contributed by atoms with Crippen LogP contribution in [0.1, 0.15) is 67.9 Å². The fraction of sp³-hybridized carbons (Fsp3) is 0.583. The van der Waals surface area contributed by atoms with Crippen molar-refractivity contribution in [3.63, 3.8) is 0 Å². The number of amidine groups is 1. The first-order chi connectivity index (χ1) is 15.4. The molecule has 0 fully saturated rings. The maximum absolute atomic E-state index is 12.3. The van der Waals surface area contributed by atoms with Crippen molar-refractivity contribution < 1.29 is 33.3 Å². The largest absolute Gasteiger partial charge is 0.514 e. The Balaban J connectivity index is 2.89. The highest BCUT2D eigenvalue weighted by molar-refractivity contribution is 6.04. The summed E-state index contributed by atoms with van der Waals surface area (Å²) in [6.45, 7) is 16.2. The van der Waals surface area contributed by atoms with E-state index in [1.54, 1.807) is 86.6 Å². The number of ether oxygens (including phenoxy) is 4. The van der Waals surface area contributed by atoms with Crippen LogP contribution in [-0.4, -0.2) is 54.1 Å². The van der Waals surface area contributed by atoms with Crippen molar-refractivity contribution >= 4 is 24.2 Å². The maximum Gasteiger partial charge on any atom is 0.514 e. The van der Waals surface area contributed by atoms with Gasteiger partial charge in [0.05, 0.1) is 0 Å². The van der Waals surface area contributed by atoms with Crippen molar-refractivity contribution in [3.05, 3.63) is 29.8 Å². The topological polar surface area (TPSA) is 125 Å². The zero-order valence-corrected chi connectivity index (χ0v) is 21.5. The van der Waals surface area contributed by atoms with Gasteiger partial charge in [-0.15, -0.1) is 0 Å². The van der Waals surface area contributed by atoms with Crippen LogP contribution in [0.4, 0.5) is 14.4 Å². The van der Waals surface area contributed by atoms with Crippen LogP contribution in [0.5, 0.6) is 5.75 Å². The molecule has 0 aromatic heterocycles. The van der Waals surface area contributed by atoms with Crippen molar-refractivity contribution in [1.82, 2.24) is 10.6 Å². The Hall–Kier alpha value is -3.30. The molecule has 0 heterocycles. The van der Waals surface area contributed by atoms with Crippen molar-refractivity contribution in [3.8, 4) is 5.75 Å². The molecule has 2 N–H and O–H groups in total. The second-order valence-corrected chi connectivity index (χ2v) is 10.4. The van der Waals surface area contributed by atoms with Gasteiger partial charge in [-0.25, -0.2) is 14.4 Å². The molecular formula is C24H37N3O7. The van der Waals surface area contributed by atoms with Crippen LogP contribution < -0.4 is 15.4 Å². The van der Waals surface area contributed by atoms with Gasteiger partial charge in [0, 0.05) is 18.7 Å². The average molecular weight is 480 g/mol. The molecule has 0 saturated carbocycles. The molecule has 10 nitrogen and oxygen atoms in total. The number of carbonyl (C=O) groups excluding carboxylic acids is 3. The van der Waals surface area contributed by atoms with E-state index in [0.717, 1.165) is 0 Å². The first-order valence-corrected chi connectivity index (χ1v) is 11.0. The first kappa shape index (κ1) is 28.7. The van der Waals surface area contributed by atoms with Gasteiger partial charge in [0.15, 0.2) is 0 Å². The van der Waals surface area contributed by atoms with E-state index in [-0.39, 0.29) is 24.7 Å². The lowest BCUT2D eigenvalue weighted by molar-refractivity contribution is 0.0205. The Kier molecular flexibility index (Phi) is 9.90. The van der Waals surface area contributed by atoms with E-state index in [0.29, 0.717) is 5.56 Å². The van der Waals surface area contributed by atoms with Crippen molar-refractivity contribution in [1.29, 1.82) is 0 Å². The van der Waals surface area contributed by atoms with E-state index in [4.69, 9.17) is 18.9 Å². The summed E-state index contributed by atoms with van der Waals surface area (Å²) < 4.78 is 20.8. The number of hydrogen-bond donors (Lipinski definition) is 2. The Morgan fingerprint density at radius 3 is 1.74 bits per heavy atom. The summed E-state index contributed by atoms with van der Waals surface area (Å²) in [5, 5.41) is 5.63. The Labute approximate surface area is 201 Å². The molecule has 2 amide bonds. The highest BCUT2D eigenvalue weighted by atomic mass is 16.7. The lowest BCUT2D eigenvalue weighted by Gasteiger charge is -2.20. The minimum absolute atomic E-state index is 0.224. The fourth-order valence-corrected chi connectivity index (χ4v) is 2.29. The average Bonchev–Trinajstić information content (AvgIpc) is 2.60. The normalized spacial score (nSPS) is 12.4. The maximum atomic E-state index is 12.3. The van der Waals surface area contributed by atoms with Gasteiger partial charge in [0.25, 0.3) is 0 Å². The van der Waals surface area contributed by atoms with Gasteiger partial charge in [-0.1, -0.05) is 0 Å². The minimum Gasteiger partial charge on any atom is -0.444 e. The van der Waals surface area contributed by atoms with Crippen LogP contribution in [0, 0.1) is 0 Å². The quantitative estimate of drug-likeness (QED) is 0.154. The van der Waals surface area contributed by atoms with Gasteiger partial charge in [0.2, 0.25) is 0 Å². The molecule has 0 atom stereocenters. The molecule has 10 heteroatoms. The van der Waals surface area contributed by atoms with Crippen LogP contribution >= 0.6 is 0 Å². The van der Waals surface area contributed by atoms with E-state index in [1.165, 1.54) is 0 Å². The highest BCUT2D eigenvalue weighted by Crippen LogP contribution is 2.16. The molecule has 0 saturated heterocycles. The summed E-state index contributed by atoms with van der Waals surface area (Å²) in [5.74, 6) is 0.491. The van der Waals surface area contributed by atoms with Gasteiger partial charge >= 0.3 is 18.3 Å². The Morgan fingerprint density at radius 2 is 1.24 bits per heavy atom. The number of carbonyl (C=O) groups is 3. The number of benzene rings is 1. The predicted octanol–water partition coefficient (Wildman–Crippen LogP) is 4.80. The fourth-order valence-electron chi connectivity index (χ4n) is 2.29. The lowest BCUT2D eigenvalue weighted by Crippen LogP contribution is -2.38. The summed E-state index contributed by atoms with van der Waals surface area (Å²) in [6, 6.07) is 6.34. The molecule has 0 unspecified atom stereocenters. The third-order valence-electron chi connectivity index (χ3n) is 3.40. The number of nitrogens with one attached hydrogen (secondary N) is 2. The number of rotatable bonds is 5. The van der Waals surface area contributed by atoms with Gasteiger partial charge in [-0.2, -0.15) is 4.99 Å². The molecule has 1 aromatic carbocycles. The van der Waals surface area contributed by atoms with E-state index in [2.05, 4.69) is 15.6 Å². The van der Waals surface area contributed by atoms with Gasteiger partial charge in [-0.05, 0) is 86.6 Å². The number of amides is 2. The van der Waals surface area contributed by atoms with Crippen LogP contribution in [0.15, 0.2) is 29.3 Å². The minimum atomic E-state index is -0.825. The molecule has 0 bridgehead atoms. The number of alkyl carbamates (subject to hydrolysis) is 1. The van der Waals surface area contributed by atoms with Crippen LogP contribution in [0.3, 0.4) is 0 Å². The van der Waals surface area contributed by atoms with E-state index in [1.807, 2.05) is 0 Å². The summed E-state index contributed by atoms with van der Waals surface area (Å²) in [6.07, 6.45) is -2.15. The highest BCUT2D eigenvalue weighted by Gasteiger charge is 2.20. The summed E-state index contributed by atoms with van der Waals surface area (Å²) >= 11 is 0. The third-order valence-corrected chi connectivity index (χ3v) is 3.40. The van der Waals surface area contributed by atoms with E-state index >= 15 is 0 Å². The van der Waals surface area contributed by atoms with Crippen molar-refractivity contribution in [2.24, 2.45) is 4.99 Å². The zero-order chi connectivity index (χ0) is 26.2. The Bertz CT molecular complexity index is 874. The molecule has 190 valence electrons. The molecule has 0 aliphatic heterocycles. The molecule has 1 rings (SSSR count). The van der Waals surface area contributed by atoms with Gasteiger partial charge in [0.1, 0.15) is 28.4 Å². The summed E-state index contributed by atoms with van der Waals surface area (Å²) in [4.78, 5) is 39.9. The van der Waals surface area contributed by atoms with E-state index < -0.39 is 35.1 Å². The second kappa shape index (κ2) is 11.7. The molecule has 0 aliphatic rings. The van der Waals surface area contributed by atoms with Crippen molar-refractivity contribution in [2.75, 3.05) is 13.1 Å². The monoisotopic (exact) mass is 479 g/mol.